The van der Waals surface area contributed by atoms with E-state index in [-0.39, 0.29) is 35.6 Å². The highest BCUT2D eigenvalue weighted by molar-refractivity contribution is 6.38. The van der Waals surface area contributed by atoms with Gasteiger partial charge in [-0.1, -0.05) is 23.2 Å². The molecule has 27 heavy (non-hydrogen) atoms. The van der Waals surface area contributed by atoms with Gasteiger partial charge in [0, 0.05) is 12.8 Å². The van der Waals surface area contributed by atoms with Gasteiger partial charge in [0.05, 0.1) is 21.3 Å². The lowest BCUT2D eigenvalue weighted by molar-refractivity contribution is -0.137. The van der Waals surface area contributed by atoms with Gasteiger partial charge in [-0.2, -0.15) is 23.5 Å². The van der Waals surface area contributed by atoms with Crippen LogP contribution in [0.15, 0.2) is 12.1 Å². The van der Waals surface area contributed by atoms with E-state index in [4.69, 9.17) is 23.2 Å². The second kappa shape index (κ2) is 6.55. The summed E-state index contributed by atoms with van der Waals surface area (Å²) in [6, 6.07) is 3.16. The van der Waals surface area contributed by atoms with Crippen LogP contribution in [-0.4, -0.2) is 21.6 Å². The summed E-state index contributed by atoms with van der Waals surface area (Å²) in [5, 5.41) is 12.7. The maximum Gasteiger partial charge on any atom is 0.416 e. The van der Waals surface area contributed by atoms with Gasteiger partial charge < -0.3 is 0 Å². The van der Waals surface area contributed by atoms with Crippen LogP contribution >= 0.6 is 23.2 Å². The summed E-state index contributed by atoms with van der Waals surface area (Å²) < 4.78 is 39.8. The van der Waals surface area contributed by atoms with Crippen LogP contribution < -0.4 is 4.90 Å². The molecule has 140 valence electrons. The molecular weight excluding hydrogens is 408 g/mol. The third-order valence-electron chi connectivity index (χ3n) is 3.97. The van der Waals surface area contributed by atoms with Crippen molar-refractivity contribution in [1.29, 1.82) is 5.26 Å². The van der Waals surface area contributed by atoms with E-state index in [1.165, 1.54) is 6.92 Å². The first-order valence-electron chi connectivity index (χ1n) is 7.48. The van der Waals surface area contributed by atoms with Crippen molar-refractivity contribution in [2.45, 2.75) is 25.9 Å². The molecule has 1 aliphatic rings. The normalized spacial score (nSPS) is 14.8. The van der Waals surface area contributed by atoms with Crippen molar-refractivity contribution in [2.75, 3.05) is 4.90 Å². The molecule has 2 aromatic rings. The number of rotatable bonds is 2. The molecule has 1 fully saturated rings. The van der Waals surface area contributed by atoms with Crippen LogP contribution in [-0.2, 0) is 15.8 Å². The minimum Gasteiger partial charge on any atom is -0.274 e. The van der Waals surface area contributed by atoms with Crippen LogP contribution in [0, 0.1) is 18.3 Å². The minimum atomic E-state index is -4.67. The molecule has 0 saturated carbocycles. The van der Waals surface area contributed by atoms with E-state index >= 15 is 0 Å². The third kappa shape index (κ3) is 3.15. The first kappa shape index (κ1) is 19.2. The van der Waals surface area contributed by atoms with Crippen molar-refractivity contribution in [3.05, 3.63) is 39.0 Å². The van der Waals surface area contributed by atoms with E-state index in [1.54, 1.807) is 0 Å². The number of aryl methyl sites for hydroxylation is 1. The number of alkyl halides is 3. The zero-order chi connectivity index (χ0) is 20.1. The van der Waals surface area contributed by atoms with Gasteiger partial charge in [-0.25, -0.2) is 9.58 Å². The lowest BCUT2D eigenvalue weighted by Crippen LogP contribution is -2.31. The molecule has 11 heteroatoms. The highest BCUT2D eigenvalue weighted by atomic mass is 35.5. The van der Waals surface area contributed by atoms with Crippen molar-refractivity contribution in [1.82, 2.24) is 9.78 Å². The molecule has 0 aliphatic carbocycles. The summed E-state index contributed by atoms with van der Waals surface area (Å²) in [5.41, 5.74) is -1.16. The fourth-order valence-electron chi connectivity index (χ4n) is 2.75. The molecule has 3 rings (SSSR count). The average Bonchev–Trinajstić information content (AvgIpc) is 3.04. The molecule has 0 atom stereocenters. The Labute approximate surface area is 160 Å². The summed E-state index contributed by atoms with van der Waals surface area (Å²) in [7, 11) is 0. The summed E-state index contributed by atoms with van der Waals surface area (Å²) >= 11 is 12.0. The Morgan fingerprint density at radius 2 is 1.67 bits per heavy atom. The van der Waals surface area contributed by atoms with Gasteiger partial charge in [-0.3, -0.25) is 9.59 Å². The van der Waals surface area contributed by atoms with Gasteiger partial charge in [-0.15, -0.1) is 0 Å². The lowest BCUT2D eigenvalue weighted by Gasteiger charge is -2.18. The summed E-state index contributed by atoms with van der Waals surface area (Å²) in [5.74, 6) is -1.31. The van der Waals surface area contributed by atoms with Crippen LogP contribution in [0.25, 0.3) is 5.69 Å². The number of hydrogen-bond donors (Lipinski definition) is 0. The smallest absolute Gasteiger partial charge is 0.274 e. The molecule has 2 amide bonds. The van der Waals surface area contributed by atoms with Gasteiger partial charge in [-0.05, 0) is 19.1 Å². The molecule has 0 spiro atoms. The largest absolute Gasteiger partial charge is 0.416 e. The van der Waals surface area contributed by atoms with Crippen molar-refractivity contribution in [2.24, 2.45) is 0 Å². The molecule has 1 aliphatic heterocycles. The Kier molecular flexibility index (Phi) is 4.66. The monoisotopic (exact) mass is 416 g/mol. The standard InChI is InChI=1S/C16H9Cl2F3N4O2/c1-7-9(6-22)15(24-12(26)2-3-13(24)27)25(23-7)14-10(17)4-8(5-11(14)18)16(19,20)21/h4-5H,2-3H2,1H3. The summed E-state index contributed by atoms with van der Waals surface area (Å²) in [6.07, 6.45) is -4.78. The van der Waals surface area contributed by atoms with E-state index in [2.05, 4.69) is 5.10 Å². The van der Waals surface area contributed by atoms with E-state index < -0.39 is 33.6 Å². The molecule has 0 bridgehead atoms. The summed E-state index contributed by atoms with van der Waals surface area (Å²) in [4.78, 5) is 25.1. The predicted molar refractivity (Wildman–Crippen MR) is 89.8 cm³/mol. The molecule has 0 radical (unpaired) electrons. The SMILES string of the molecule is Cc1nn(-c2c(Cl)cc(C(F)(F)F)cc2Cl)c(N2C(=O)CCC2=O)c1C#N. The molecule has 1 saturated heterocycles. The van der Waals surface area contributed by atoms with Crippen LogP contribution in [0.4, 0.5) is 19.0 Å². The Morgan fingerprint density at radius 1 is 1.15 bits per heavy atom. The number of aromatic nitrogens is 2. The highest BCUT2D eigenvalue weighted by Crippen LogP contribution is 2.40. The molecular formula is C16H9Cl2F3N4O2. The van der Waals surface area contributed by atoms with Crippen molar-refractivity contribution in [3.63, 3.8) is 0 Å². The number of benzene rings is 1. The van der Waals surface area contributed by atoms with Gasteiger partial charge in [0.2, 0.25) is 11.8 Å². The average molecular weight is 417 g/mol. The van der Waals surface area contributed by atoms with Gasteiger partial charge in [0.15, 0.2) is 5.82 Å². The van der Waals surface area contributed by atoms with E-state index in [1.807, 2.05) is 6.07 Å². The molecule has 1 aromatic carbocycles. The lowest BCUT2D eigenvalue weighted by atomic mass is 10.2. The van der Waals surface area contributed by atoms with E-state index in [0.717, 1.165) is 9.58 Å². The van der Waals surface area contributed by atoms with Crippen LogP contribution in [0.1, 0.15) is 29.7 Å². The maximum atomic E-state index is 13.0. The van der Waals surface area contributed by atoms with E-state index in [0.29, 0.717) is 12.1 Å². The van der Waals surface area contributed by atoms with Crippen molar-refractivity contribution < 1.29 is 22.8 Å². The molecule has 0 unspecified atom stereocenters. The number of amides is 2. The van der Waals surface area contributed by atoms with Crippen LogP contribution in [0.3, 0.4) is 0 Å². The van der Waals surface area contributed by atoms with Gasteiger partial charge in [0.25, 0.3) is 0 Å². The Balaban J connectivity index is 2.30. The molecule has 0 N–H and O–H groups in total. The van der Waals surface area contributed by atoms with Crippen molar-refractivity contribution in [3.8, 4) is 11.8 Å². The summed E-state index contributed by atoms with van der Waals surface area (Å²) in [6.45, 7) is 1.45. The number of carbonyl (C=O) groups is 2. The number of hydrogen-bond acceptors (Lipinski definition) is 4. The quantitative estimate of drug-likeness (QED) is 0.692. The van der Waals surface area contributed by atoms with Gasteiger partial charge >= 0.3 is 6.18 Å². The van der Waals surface area contributed by atoms with Gasteiger partial charge in [0.1, 0.15) is 17.3 Å². The second-order valence-electron chi connectivity index (χ2n) is 5.72. The maximum absolute atomic E-state index is 13.0. The highest BCUT2D eigenvalue weighted by Gasteiger charge is 2.38. The zero-order valence-corrected chi connectivity index (χ0v) is 15.1. The zero-order valence-electron chi connectivity index (χ0n) is 13.6. The number of halogens is 5. The number of anilines is 1. The predicted octanol–water partition coefficient (Wildman–Crippen LogP) is 4.03. The first-order valence-corrected chi connectivity index (χ1v) is 8.24. The minimum absolute atomic E-state index is 0.0532. The molecule has 2 heterocycles. The van der Waals surface area contributed by atoms with Crippen molar-refractivity contribution >= 4 is 40.8 Å². The Hall–Kier alpha value is -2.57. The third-order valence-corrected chi connectivity index (χ3v) is 4.54. The number of nitriles is 1. The molecule has 1 aromatic heterocycles. The van der Waals surface area contributed by atoms with E-state index in [9.17, 15) is 28.0 Å². The second-order valence-corrected chi connectivity index (χ2v) is 6.53. The Bertz CT molecular complexity index is 985. The topological polar surface area (TPSA) is 79.0 Å². The van der Waals surface area contributed by atoms with Crippen LogP contribution in [0.5, 0.6) is 0 Å². The fourth-order valence-corrected chi connectivity index (χ4v) is 3.40. The number of imide groups is 1. The fraction of sp³-hybridized carbons (Fsp3) is 0.250. The van der Waals surface area contributed by atoms with Crippen LogP contribution in [0.2, 0.25) is 10.0 Å². The Morgan fingerprint density at radius 3 is 2.11 bits per heavy atom. The first-order chi connectivity index (χ1) is 12.6. The number of carbonyl (C=O) groups excluding carboxylic acids is 2. The number of nitrogens with zero attached hydrogens (tertiary/aromatic N) is 4. The molecule has 6 nitrogen and oxygen atoms in total.